The lowest BCUT2D eigenvalue weighted by atomic mass is 10.2. The van der Waals surface area contributed by atoms with E-state index in [2.05, 4.69) is 26.2 Å². The second-order valence-corrected chi connectivity index (χ2v) is 6.59. The summed E-state index contributed by atoms with van der Waals surface area (Å²) in [6, 6.07) is 7.72. The average Bonchev–Trinajstić information content (AvgIpc) is 2.96. The van der Waals surface area contributed by atoms with Crippen molar-refractivity contribution >= 4 is 33.0 Å². The van der Waals surface area contributed by atoms with Gasteiger partial charge in [-0.1, -0.05) is 28.1 Å². The highest BCUT2D eigenvalue weighted by Gasteiger charge is 2.19. The lowest BCUT2D eigenvalue weighted by molar-refractivity contribution is 0.310. The van der Waals surface area contributed by atoms with Crippen LogP contribution in [-0.4, -0.2) is 36.9 Å². The molecule has 0 spiro atoms. The highest BCUT2D eigenvalue weighted by atomic mass is 79.9. The summed E-state index contributed by atoms with van der Waals surface area (Å²) in [5.41, 5.74) is 0.795. The molecule has 3 aromatic rings. The molecule has 3 rings (SSSR count). The van der Waals surface area contributed by atoms with Crippen molar-refractivity contribution in [2.45, 2.75) is 6.54 Å². The van der Waals surface area contributed by atoms with E-state index < -0.39 is 11.2 Å². The molecular formula is C16H18BrN5O3. The van der Waals surface area contributed by atoms with Gasteiger partial charge in [0, 0.05) is 25.1 Å². The minimum absolute atomic E-state index is 0.0710. The minimum Gasteiger partial charge on any atom is -0.395 e. The number of benzene rings is 1. The topological polar surface area (TPSA) is 94.1 Å². The van der Waals surface area contributed by atoms with Crippen LogP contribution in [0, 0.1) is 0 Å². The zero-order chi connectivity index (χ0) is 18.1. The van der Waals surface area contributed by atoms with E-state index in [0.717, 1.165) is 14.6 Å². The van der Waals surface area contributed by atoms with Crippen molar-refractivity contribution in [2.75, 3.05) is 18.5 Å². The zero-order valence-corrected chi connectivity index (χ0v) is 15.4. The van der Waals surface area contributed by atoms with Crippen molar-refractivity contribution in [1.82, 2.24) is 18.7 Å². The van der Waals surface area contributed by atoms with E-state index in [4.69, 9.17) is 5.11 Å². The van der Waals surface area contributed by atoms with Crippen LogP contribution in [0.3, 0.4) is 0 Å². The smallest absolute Gasteiger partial charge is 0.332 e. The maximum Gasteiger partial charge on any atom is 0.332 e. The standard InChI is InChI=1S/C16H18BrN5O3/c1-20-13-12(14(24)21(2)16(20)25)22(15(19-13)18-7-8-23)9-10-3-5-11(17)6-4-10/h3-6,23H,7-9H2,1-2H3,(H,18,19). The fourth-order valence-electron chi connectivity index (χ4n) is 2.68. The maximum absolute atomic E-state index is 12.7. The lowest BCUT2D eigenvalue weighted by Gasteiger charge is -2.10. The molecule has 8 nitrogen and oxygen atoms in total. The number of aliphatic hydroxyl groups is 1. The SMILES string of the molecule is Cn1c(=O)c2c(nc(NCCO)n2Cc2ccc(Br)cc2)n(C)c1=O. The number of aromatic nitrogens is 4. The van der Waals surface area contributed by atoms with Gasteiger partial charge in [-0.15, -0.1) is 0 Å². The third kappa shape index (κ3) is 3.12. The van der Waals surface area contributed by atoms with Crippen LogP contribution in [0.2, 0.25) is 0 Å². The summed E-state index contributed by atoms with van der Waals surface area (Å²) in [5.74, 6) is 0.435. The molecule has 0 saturated heterocycles. The van der Waals surface area contributed by atoms with Gasteiger partial charge in [-0.25, -0.2) is 4.79 Å². The normalized spacial score (nSPS) is 11.2. The summed E-state index contributed by atoms with van der Waals surface area (Å²) in [6.07, 6.45) is 0. The summed E-state index contributed by atoms with van der Waals surface area (Å²) >= 11 is 3.40. The summed E-state index contributed by atoms with van der Waals surface area (Å²) in [4.78, 5) is 29.2. The van der Waals surface area contributed by atoms with Crippen LogP contribution in [0.1, 0.15) is 5.56 Å². The van der Waals surface area contributed by atoms with Gasteiger partial charge in [0.15, 0.2) is 11.2 Å². The van der Waals surface area contributed by atoms with Crippen molar-refractivity contribution in [3.63, 3.8) is 0 Å². The lowest BCUT2D eigenvalue weighted by Crippen LogP contribution is -2.37. The number of rotatable bonds is 5. The molecule has 0 aliphatic heterocycles. The Hall–Kier alpha value is -2.39. The van der Waals surface area contributed by atoms with Gasteiger partial charge in [0.25, 0.3) is 5.56 Å². The molecule has 1 aromatic carbocycles. The number of aryl methyl sites for hydroxylation is 1. The number of hydrogen-bond acceptors (Lipinski definition) is 5. The number of nitrogens with zero attached hydrogens (tertiary/aromatic N) is 4. The van der Waals surface area contributed by atoms with Gasteiger partial charge in [0.2, 0.25) is 5.95 Å². The van der Waals surface area contributed by atoms with Crippen LogP contribution in [0.4, 0.5) is 5.95 Å². The Morgan fingerprint density at radius 3 is 2.48 bits per heavy atom. The van der Waals surface area contributed by atoms with Gasteiger partial charge in [0.1, 0.15) is 0 Å². The molecular weight excluding hydrogens is 390 g/mol. The Bertz CT molecular complexity index is 1030. The first-order chi connectivity index (χ1) is 11.9. The quantitative estimate of drug-likeness (QED) is 0.647. The van der Waals surface area contributed by atoms with E-state index in [-0.39, 0.29) is 13.2 Å². The molecule has 2 aromatic heterocycles. The van der Waals surface area contributed by atoms with E-state index in [1.165, 1.54) is 11.6 Å². The van der Waals surface area contributed by atoms with Crippen LogP contribution >= 0.6 is 15.9 Å². The second kappa shape index (κ2) is 6.85. The van der Waals surface area contributed by atoms with Crippen molar-refractivity contribution in [1.29, 1.82) is 0 Å². The molecule has 0 fully saturated rings. The largest absolute Gasteiger partial charge is 0.395 e. The molecule has 9 heteroatoms. The molecule has 0 saturated carbocycles. The van der Waals surface area contributed by atoms with Crippen LogP contribution < -0.4 is 16.6 Å². The predicted molar refractivity (Wildman–Crippen MR) is 99.0 cm³/mol. The average molecular weight is 408 g/mol. The molecule has 25 heavy (non-hydrogen) atoms. The van der Waals surface area contributed by atoms with E-state index in [1.54, 1.807) is 11.6 Å². The fourth-order valence-corrected chi connectivity index (χ4v) is 2.94. The van der Waals surface area contributed by atoms with E-state index >= 15 is 0 Å². The molecule has 0 unspecified atom stereocenters. The fraction of sp³-hybridized carbons (Fsp3) is 0.312. The Kier molecular flexibility index (Phi) is 4.78. The van der Waals surface area contributed by atoms with E-state index in [9.17, 15) is 9.59 Å². The molecule has 0 amide bonds. The number of anilines is 1. The van der Waals surface area contributed by atoms with Crippen LogP contribution in [-0.2, 0) is 20.6 Å². The number of nitrogens with one attached hydrogen (secondary N) is 1. The highest BCUT2D eigenvalue weighted by molar-refractivity contribution is 9.10. The number of halogens is 1. The van der Waals surface area contributed by atoms with Gasteiger partial charge in [0.05, 0.1) is 13.2 Å². The van der Waals surface area contributed by atoms with E-state index in [1.807, 2.05) is 24.3 Å². The first-order valence-corrected chi connectivity index (χ1v) is 8.48. The molecule has 0 atom stereocenters. The van der Waals surface area contributed by atoms with Crippen LogP contribution in [0.15, 0.2) is 38.3 Å². The Morgan fingerprint density at radius 1 is 1.16 bits per heavy atom. The maximum atomic E-state index is 12.7. The Balaban J connectivity index is 2.24. The van der Waals surface area contributed by atoms with Crippen LogP contribution in [0.25, 0.3) is 11.2 Å². The summed E-state index contributed by atoms with van der Waals surface area (Å²) in [5, 5.41) is 12.1. The van der Waals surface area contributed by atoms with Crippen LogP contribution in [0.5, 0.6) is 0 Å². The third-order valence-corrected chi connectivity index (χ3v) is 4.53. The first-order valence-electron chi connectivity index (χ1n) is 7.69. The van der Waals surface area contributed by atoms with Crippen molar-refractivity contribution in [2.24, 2.45) is 14.1 Å². The summed E-state index contributed by atoms with van der Waals surface area (Å²) in [6.45, 7) is 0.626. The van der Waals surface area contributed by atoms with Gasteiger partial charge in [-0.2, -0.15) is 4.98 Å². The number of hydrogen-bond donors (Lipinski definition) is 2. The zero-order valence-electron chi connectivity index (χ0n) is 13.9. The molecule has 2 heterocycles. The van der Waals surface area contributed by atoms with E-state index in [0.29, 0.717) is 23.7 Å². The predicted octanol–water partition coefficient (Wildman–Crippen LogP) is 0.649. The molecule has 0 radical (unpaired) electrons. The minimum atomic E-state index is -0.431. The van der Waals surface area contributed by atoms with Crippen molar-refractivity contribution in [3.05, 3.63) is 55.1 Å². The highest BCUT2D eigenvalue weighted by Crippen LogP contribution is 2.19. The monoisotopic (exact) mass is 407 g/mol. The first kappa shape index (κ1) is 17.4. The Labute approximate surface area is 151 Å². The Morgan fingerprint density at radius 2 is 1.84 bits per heavy atom. The molecule has 0 bridgehead atoms. The third-order valence-electron chi connectivity index (χ3n) is 4.00. The number of fused-ring (bicyclic) bond motifs is 1. The van der Waals surface area contributed by atoms with Crippen molar-refractivity contribution in [3.8, 4) is 0 Å². The summed E-state index contributed by atoms with van der Waals surface area (Å²) < 4.78 is 5.11. The number of aliphatic hydroxyl groups excluding tert-OH is 1. The molecule has 2 N–H and O–H groups in total. The molecule has 132 valence electrons. The van der Waals surface area contributed by atoms with Gasteiger partial charge < -0.3 is 10.4 Å². The second-order valence-electron chi connectivity index (χ2n) is 5.68. The van der Waals surface area contributed by atoms with Gasteiger partial charge >= 0.3 is 5.69 Å². The molecule has 0 aliphatic rings. The summed E-state index contributed by atoms with van der Waals surface area (Å²) in [7, 11) is 3.03. The van der Waals surface area contributed by atoms with Crippen molar-refractivity contribution < 1.29 is 5.11 Å². The number of imidazole rings is 1. The van der Waals surface area contributed by atoms with Gasteiger partial charge in [-0.3, -0.25) is 18.5 Å². The van der Waals surface area contributed by atoms with Gasteiger partial charge in [-0.05, 0) is 17.7 Å². The molecule has 0 aliphatic carbocycles.